The summed E-state index contributed by atoms with van der Waals surface area (Å²) >= 11 is 1.64. The lowest BCUT2D eigenvalue weighted by molar-refractivity contribution is -0.136. The Balaban J connectivity index is 1.57. The van der Waals surface area contributed by atoms with Crippen LogP contribution in [-0.2, 0) is 11.2 Å². The average Bonchev–Trinajstić information content (AvgIpc) is 3.04. The maximum absolute atomic E-state index is 12.4. The Morgan fingerprint density at radius 3 is 3.00 bits per heavy atom. The number of hydrogen-bond donors (Lipinski definition) is 1. The number of carbonyl (C=O) groups excluding carboxylic acids is 1. The summed E-state index contributed by atoms with van der Waals surface area (Å²) in [5.41, 5.74) is 1.02. The summed E-state index contributed by atoms with van der Waals surface area (Å²) in [6.07, 6.45) is 6.23. The van der Waals surface area contributed by atoms with Crippen LogP contribution in [0.25, 0.3) is 0 Å². The molecule has 1 aromatic rings. The van der Waals surface area contributed by atoms with Gasteiger partial charge in [-0.25, -0.2) is 4.98 Å². The van der Waals surface area contributed by atoms with Crippen molar-refractivity contribution in [2.45, 2.75) is 58.0 Å². The van der Waals surface area contributed by atoms with Crippen LogP contribution < -0.4 is 0 Å². The summed E-state index contributed by atoms with van der Waals surface area (Å²) in [6, 6.07) is 0. The van der Waals surface area contributed by atoms with Gasteiger partial charge in [0.1, 0.15) is 0 Å². The molecule has 1 aliphatic carbocycles. The molecule has 1 aromatic heterocycles. The molecule has 0 radical (unpaired) electrons. The standard InChI is InChI=1S/C16H24N2O2S/c1-12-17-13(10-21-12)5-6-15(20)18-9-3-8-16(11-18)7-2-4-14(16)19/h10,14,19H,2-9,11H2,1H3/t14-,16-/m1/s1. The number of likely N-dealkylation sites (tertiary alicyclic amines) is 1. The van der Waals surface area contributed by atoms with Crippen LogP contribution in [0.15, 0.2) is 5.38 Å². The number of aryl methyl sites for hydroxylation is 2. The third-order valence-corrected chi connectivity index (χ3v) is 5.90. The number of aliphatic hydroxyl groups excluding tert-OH is 1. The third-order valence-electron chi connectivity index (χ3n) is 5.08. The van der Waals surface area contributed by atoms with Gasteiger partial charge in [-0.1, -0.05) is 6.42 Å². The van der Waals surface area contributed by atoms with E-state index in [9.17, 15) is 9.90 Å². The van der Waals surface area contributed by atoms with Gasteiger partial charge in [-0.3, -0.25) is 4.79 Å². The zero-order valence-electron chi connectivity index (χ0n) is 12.7. The van der Waals surface area contributed by atoms with Gasteiger partial charge in [0.2, 0.25) is 5.91 Å². The van der Waals surface area contributed by atoms with Crippen molar-refractivity contribution in [1.82, 2.24) is 9.88 Å². The van der Waals surface area contributed by atoms with Crippen molar-refractivity contribution in [2.24, 2.45) is 5.41 Å². The molecule has 2 heterocycles. The molecular formula is C16H24N2O2S. The van der Waals surface area contributed by atoms with Crippen molar-refractivity contribution in [3.05, 3.63) is 16.1 Å². The average molecular weight is 308 g/mol. The Morgan fingerprint density at radius 2 is 2.33 bits per heavy atom. The SMILES string of the molecule is Cc1nc(CCC(=O)N2CCC[C@]3(CCC[C@H]3O)C2)cs1. The maximum Gasteiger partial charge on any atom is 0.222 e. The molecule has 116 valence electrons. The summed E-state index contributed by atoms with van der Waals surface area (Å²) in [5.74, 6) is 0.221. The Hall–Kier alpha value is -0.940. The largest absolute Gasteiger partial charge is 0.392 e. The van der Waals surface area contributed by atoms with Crippen LogP contribution in [0.2, 0.25) is 0 Å². The van der Waals surface area contributed by atoms with E-state index in [0.717, 1.165) is 62.3 Å². The Kier molecular flexibility index (Phi) is 4.31. The monoisotopic (exact) mass is 308 g/mol. The Labute approximate surface area is 130 Å². The number of carbonyl (C=O) groups is 1. The fourth-order valence-electron chi connectivity index (χ4n) is 3.89. The lowest BCUT2D eigenvalue weighted by atomic mass is 9.76. The fourth-order valence-corrected chi connectivity index (χ4v) is 4.53. The number of thiazole rings is 1. The number of amides is 1. The van der Waals surface area contributed by atoms with Crippen LogP contribution in [0.3, 0.4) is 0 Å². The topological polar surface area (TPSA) is 53.4 Å². The van der Waals surface area contributed by atoms with Gasteiger partial charge in [0.05, 0.1) is 16.8 Å². The number of rotatable bonds is 3. The second-order valence-electron chi connectivity index (χ2n) is 6.55. The third kappa shape index (κ3) is 3.14. The van der Waals surface area contributed by atoms with Crippen LogP contribution in [0, 0.1) is 12.3 Å². The number of hydrogen-bond acceptors (Lipinski definition) is 4. The number of piperidine rings is 1. The highest BCUT2D eigenvalue weighted by atomic mass is 32.1. The summed E-state index contributed by atoms with van der Waals surface area (Å²) in [7, 11) is 0. The minimum atomic E-state index is -0.214. The van der Waals surface area contributed by atoms with Gasteiger partial charge >= 0.3 is 0 Å². The molecule has 2 fully saturated rings. The molecular weight excluding hydrogens is 284 g/mol. The van der Waals surface area contributed by atoms with Crippen molar-refractivity contribution in [3.8, 4) is 0 Å². The normalized spacial score (nSPS) is 29.2. The first-order valence-electron chi connectivity index (χ1n) is 7.96. The van der Waals surface area contributed by atoms with E-state index >= 15 is 0 Å². The fraction of sp³-hybridized carbons (Fsp3) is 0.750. The zero-order chi connectivity index (χ0) is 14.9. The smallest absolute Gasteiger partial charge is 0.222 e. The second kappa shape index (κ2) is 6.05. The highest BCUT2D eigenvalue weighted by molar-refractivity contribution is 7.09. The number of aromatic nitrogens is 1. The van der Waals surface area contributed by atoms with Crippen molar-refractivity contribution in [2.75, 3.05) is 13.1 Å². The molecule has 2 atom stereocenters. The van der Waals surface area contributed by atoms with Crippen LogP contribution in [0.5, 0.6) is 0 Å². The van der Waals surface area contributed by atoms with E-state index in [4.69, 9.17) is 0 Å². The first-order valence-corrected chi connectivity index (χ1v) is 8.84. The molecule has 21 heavy (non-hydrogen) atoms. The number of nitrogens with zero attached hydrogens (tertiary/aromatic N) is 2. The minimum absolute atomic E-state index is 0.00880. The lowest BCUT2D eigenvalue weighted by Crippen LogP contribution is -2.49. The highest BCUT2D eigenvalue weighted by Crippen LogP contribution is 2.45. The van der Waals surface area contributed by atoms with E-state index in [1.807, 2.05) is 17.2 Å². The first-order chi connectivity index (χ1) is 10.1. The predicted molar refractivity (Wildman–Crippen MR) is 83.3 cm³/mol. The zero-order valence-corrected chi connectivity index (χ0v) is 13.5. The van der Waals surface area contributed by atoms with E-state index < -0.39 is 0 Å². The molecule has 0 unspecified atom stereocenters. The Bertz CT molecular complexity index is 516. The highest BCUT2D eigenvalue weighted by Gasteiger charge is 2.45. The summed E-state index contributed by atoms with van der Waals surface area (Å²) < 4.78 is 0. The van der Waals surface area contributed by atoms with Gasteiger partial charge in [0, 0.05) is 30.3 Å². The van der Waals surface area contributed by atoms with Gasteiger partial charge in [-0.2, -0.15) is 0 Å². The molecule has 3 rings (SSSR count). The van der Waals surface area contributed by atoms with Crippen molar-refractivity contribution in [3.63, 3.8) is 0 Å². The van der Waals surface area contributed by atoms with E-state index in [-0.39, 0.29) is 17.4 Å². The molecule has 1 saturated carbocycles. The molecule has 1 saturated heterocycles. The van der Waals surface area contributed by atoms with E-state index in [1.165, 1.54) is 0 Å². The maximum atomic E-state index is 12.4. The Morgan fingerprint density at radius 1 is 1.52 bits per heavy atom. The molecule has 0 aromatic carbocycles. The molecule has 1 spiro atoms. The summed E-state index contributed by atoms with van der Waals surface area (Å²) in [6.45, 7) is 3.60. The molecule has 5 heteroatoms. The van der Waals surface area contributed by atoms with Gasteiger partial charge in [0.25, 0.3) is 0 Å². The van der Waals surface area contributed by atoms with Gasteiger partial charge < -0.3 is 10.0 Å². The van der Waals surface area contributed by atoms with E-state index in [0.29, 0.717) is 6.42 Å². The molecule has 1 amide bonds. The van der Waals surface area contributed by atoms with Crippen LogP contribution >= 0.6 is 11.3 Å². The number of aliphatic hydroxyl groups is 1. The van der Waals surface area contributed by atoms with Crippen LogP contribution in [0.4, 0.5) is 0 Å². The minimum Gasteiger partial charge on any atom is -0.392 e. The van der Waals surface area contributed by atoms with E-state index in [2.05, 4.69) is 4.98 Å². The van der Waals surface area contributed by atoms with Crippen molar-refractivity contribution < 1.29 is 9.90 Å². The van der Waals surface area contributed by atoms with Gasteiger partial charge in [-0.15, -0.1) is 11.3 Å². The molecule has 1 N–H and O–H groups in total. The second-order valence-corrected chi connectivity index (χ2v) is 7.61. The van der Waals surface area contributed by atoms with Crippen LogP contribution in [0.1, 0.15) is 49.2 Å². The van der Waals surface area contributed by atoms with Crippen molar-refractivity contribution in [1.29, 1.82) is 0 Å². The van der Waals surface area contributed by atoms with Gasteiger partial charge in [0.15, 0.2) is 0 Å². The van der Waals surface area contributed by atoms with E-state index in [1.54, 1.807) is 11.3 Å². The first kappa shape index (κ1) is 15.0. The molecule has 0 bridgehead atoms. The van der Waals surface area contributed by atoms with Crippen LogP contribution in [-0.4, -0.2) is 40.1 Å². The van der Waals surface area contributed by atoms with Crippen molar-refractivity contribution >= 4 is 17.2 Å². The van der Waals surface area contributed by atoms with Gasteiger partial charge in [-0.05, 0) is 39.0 Å². The lowest BCUT2D eigenvalue weighted by Gasteiger charge is -2.42. The molecule has 1 aliphatic heterocycles. The molecule has 4 nitrogen and oxygen atoms in total. The quantitative estimate of drug-likeness (QED) is 0.933. The molecule has 2 aliphatic rings. The predicted octanol–water partition coefficient (Wildman–Crippen LogP) is 2.54. The summed E-state index contributed by atoms with van der Waals surface area (Å²) in [4.78, 5) is 18.8. The summed E-state index contributed by atoms with van der Waals surface area (Å²) in [5, 5.41) is 13.4.